The van der Waals surface area contributed by atoms with Gasteiger partial charge >= 0.3 is 0 Å². The summed E-state index contributed by atoms with van der Waals surface area (Å²) in [6.45, 7) is 10.2. The highest BCUT2D eigenvalue weighted by molar-refractivity contribution is 5.48. The highest BCUT2D eigenvalue weighted by Gasteiger charge is 2.11. The van der Waals surface area contributed by atoms with Crippen molar-refractivity contribution in [1.82, 2.24) is 10.2 Å². The third-order valence-corrected chi connectivity index (χ3v) is 3.46. The minimum atomic E-state index is 0.708. The van der Waals surface area contributed by atoms with Crippen molar-refractivity contribution in [2.75, 3.05) is 46.4 Å². The van der Waals surface area contributed by atoms with Gasteiger partial charge in [0.1, 0.15) is 6.61 Å². The van der Waals surface area contributed by atoms with Crippen molar-refractivity contribution < 1.29 is 9.47 Å². The van der Waals surface area contributed by atoms with Crippen molar-refractivity contribution in [2.45, 2.75) is 13.8 Å². The van der Waals surface area contributed by atoms with Crippen molar-refractivity contribution >= 4 is 0 Å². The number of piperazine rings is 1. The van der Waals surface area contributed by atoms with Crippen LogP contribution in [0.4, 0.5) is 0 Å². The van der Waals surface area contributed by atoms with Crippen LogP contribution < -0.4 is 14.8 Å². The summed E-state index contributed by atoms with van der Waals surface area (Å²) in [6.07, 6.45) is 0. The van der Waals surface area contributed by atoms with Crippen LogP contribution in [0.2, 0.25) is 0 Å². The Bertz CT molecular complexity index is 415. The van der Waals surface area contributed by atoms with E-state index in [2.05, 4.69) is 30.1 Å². The fourth-order valence-electron chi connectivity index (χ4n) is 2.50. The van der Waals surface area contributed by atoms with Crippen molar-refractivity contribution in [2.24, 2.45) is 0 Å². The summed E-state index contributed by atoms with van der Waals surface area (Å²) in [5.41, 5.74) is 2.33. The summed E-state index contributed by atoms with van der Waals surface area (Å²) in [7, 11) is 1.70. The van der Waals surface area contributed by atoms with Gasteiger partial charge in [-0.15, -0.1) is 0 Å². The normalized spacial score (nSPS) is 16.4. The largest absolute Gasteiger partial charge is 0.493 e. The minimum absolute atomic E-state index is 0.708. The van der Waals surface area contributed by atoms with Gasteiger partial charge < -0.3 is 14.8 Å². The molecule has 1 saturated heterocycles. The third kappa shape index (κ3) is 3.85. The molecule has 1 aromatic rings. The minimum Gasteiger partial charge on any atom is -0.493 e. The van der Waals surface area contributed by atoms with E-state index in [1.165, 1.54) is 5.56 Å². The van der Waals surface area contributed by atoms with Crippen LogP contribution in [0.15, 0.2) is 12.1 Å². The molecule has 1 N–H and O–H groups in total. The van der Waals surface area contributed by atoms with Gasteiger partial charge in [-0.3, -0.25) is 4.90 Å². The summed E-state index contributed by atoms with van der Waals surface area (Å²) in [5, 5.41) is 3.35. The van der Waals surface area contributed by atoms with E-state index in [0.717, 1.165) is 49.8 Å². The maximum atomic E-state index is 5.91. The molecule has 0 saturated carbocycles. The number of hydrogen-bond donors (Lipinski definition) is 1. The lowest BCUT2D eigenvalue weighted by Gasteiger charge is -2.27. The van der Waals surface area contributed by atoms with Gasteiger partial charge in [0, 0.05) is 32.7 Å². The number of hydrogen-bond acceptors (Lipinski definition) is 4. The van der Waals surface area contributed by atoms with E-state index in [4.69, 9.17) is 9.47 Å². The van der Waals surface area contributed by atoms with Gasteiger partial charge in [-0.2, -0.15) is 0 Å². The van der Waals surface area contributed by atoms with Crippen LogP contribution in [0.3, 0.4) is 0 Å². The second-order valence-corrected chi connectivity index (χ2v) is 5.05. The molecule has 0 amide bonds. The molecule has 0 aliphatic carbocycles. The highest BCUT2D eigenvalue weighted by Crippen LogP contribution is 2.31. The molecule has 4 heteroatoms. The standard InChI is InChI=1S/C15H24N2O2/c1-12-10-13(2)15(18-3)14(11-12)19-9-8-17-6-4-16-5-7-17/h10-11,16H,4-9H2,1-3H3. The molecule has 1 aliphatic rings. The second-order valence-electron chi connectivity index (χ2n) is 5.05. The SMILES string of the molecule is COc1c(C)cc(C)cc1OCCN1CCNCC1. The monoisotopic (exact) mass is 264 g/mol. The number of methoxy groups -OCH3 is 1. The van der Waals surface area contributed by atoms with Crippen molar-refractivity contribution in [3.05, 3.63) is 23.3 Å². The lowest BCUT2D eigenvalue weighted by molar-refractivity contribution is 0.188. The van der Waals surface area contributed by atoms with E-state index in [1.54, 1.807) is 7.11 Å². The molecule has 4 nitrogen and oxygen atoms in total. The van der Waals surface area contributed by atoms with Crippen LogP contribution in [-0.2, 0) is 0 Å². The molecule has 106 valence electrons. The van der Waals surface area contributed by atoms with Crippen LogP contribution in [-0.4, -0.2) is 51.3 Å². The summed E-state index contributed by atoms with van der Waals surface area (Å²) in [4.78, 5) is 2.42. The first-order valence-corrected chi connectivity index (χ1v) is 6.92. The summed E-state index contributed by atoms with van der Waals surface area (Å²) in [6, 6.07) is 4.16. The van der Waals surface area contributed by atoms with Gasteiger partial charge in [0.05, 0.1) is 7.11 Å². The predicted molar refractivity (Wildman–Crippen MR) is 77.3 cm³/mol. The zero-order valence-corrected chi connectivity index (χ0v) is 12.2. The first kappa shape index (κ1) is 14.2. The lowest BCUT2D eigenvalue weighted by Crippen LogP contribution is -2.44. The number of aryl methyl sites for hydroxylation is 2. The van der Waals surface area contributed by atoms with Gasteiger partial charge in [0.15, 0.2) is 11.5 Å². The summed E-state index contributed by atoms with van der Waals surface area (Å²) >= 11 is 0. The maximum absolute atomic E-state index is 5.91. The molecule has 1 heterocycles. The van der Waals surface area contributed by atoms with Gasteiger partial charge in [0.2, 0.25) is 0 Å². The number of nitrogens with zero attached hydrogens (tertiary/aromatic N) is 1. The van der Waals surface area contributed by atoms with Gasteiger partial charge in [0.25, 0.3) is 0 Å². The van der Waals surface area contributed by atoms with Gasteiger partial charge in [-0.1, -0.05) is 6.07 Å². The summed E-state index contributed by atoms with van der Waals surface area (Å²) in [5.74, 6) is 1.71. The van der Waals surface area contributed by atoms with Crippen LogP contribution in [0.5, 0.6) is 11.5 Å². The van der Waals surface area contributed by atoms with Gasteiger partial charge in [-0.05, 0) is 31.0 Å². The zero-order chi connectivity index (χ0) is 13.7. The van der Waals surface area contributed by atoms with E-state index < -0.39 is 0 Å². The zero-order valence-electron chi connectivity index (χ0n) is 12.2. The molecule has 0 aromatic heterocycles. The Balaban J connectivity index is 1.91. The Morgan fingerprint density at radius 2 is 1.95 bits per heavy atom. The highest BCUT2D eigenvalue weighted by atomic mass is 16.5. The topological polar surface area (TPSA) is 33.7 Å². The fraction of sp³-hybridized carbons (Fsp3) is 0.600. The van der Waals surface area contributed by atoms with Crippen LogP contribution in [0, 0.1) is 13.8 Å². The Morgan fingerprint density at radius 1 is 1.21 bits per heavy atom. The van der Waals surface area contributed by atoms with Crippen molar-refractivity contribution in [3.8, 4) is 11.5 Å². The van der Waals surface area contributed by atoms with Crippen LogP contribution in [0.1, 0.15) is 11.1 Å². The summed E-state index contributed by atoms with van der Waals surface area (Å²) < 4.78 is 11.3. The molecule has 0 atom stereocenters. The van der Waals surface area contributed by atoms with Crippen LogP contribution >= 0.6 is 0 Å². The molecule has 0 spiro atoms. The fourth-order valence-corrected chi connectivity index (χ4v) is 2.50. The molecule has 19 heavy (non-hydrogen) atoms. The second kappa shape index (κ2) is 6.78. The third-order valence-electron chi connectivity index (χ3n) is 3.46. The van der Waals surface area contributed by atoms with E-state index in [9.17, 15) is 0 Å². The van der Waals surface area contributed by atoms with E-state index >= 15 is 0 Å². The molecular weight excluding hydrogens is 240 g/mol. The Kier molecular flexibility index (Phi) is 5.05. The van der Waals surface area contributed by atoms with Crippen molar-refractivity contribution in [1.29, 1.82) is 0 Å². The molecule has 0 unspecified atom stereocenters. The van der Waals surface area contributed by atoms with Crippen molar-refractivity contribution in [3.63, 3.8) is 0 Å². The van der Waals surface area contributed by atoms with E-state index in [1.807, 2.05) is 6.07 Å². The molecule has 2 rings (SSSR count). The molecule has 0 radical (unpaired) electrons. The maximum Gasteiger partial charge on any atom is 0.163 e. The Labute approximate surface area is 115 Å². The Morgan fingerprint density at radius 3 is 2.63 bits per heavy atom. The smallest absolute Gasteiger partial charge is 0.163 e. The molecule has 1 aromatic carbocycles. The van der Waals surface area contributed by atoms with Gasteiger partial charge in [-0.25, -0.2) is 0 Å². The molecule has 1 aliphatic heterocycles. The Hall–Kier alpha value is -1.26. The predicted octanol–water partition coefficient (Wildman–Crippen LogP) is 1.60. The lowest BCUT2D eigenvalue weighted by atomic mass is 10.1. The van der Waals surface area contributed by atoms with E-state index in [-0.39, 0.29) is 0 Å². The number of benzene rings is 1. The molecule has 0 bridgehead atoms. The molecular formula is C15H24N2O2. The number of nitrogens with one attached hydrogen (secondary N) is 1. The van der Waals surface area contributed by atoms with Crippen LogP contribution in [0.25, 0.3) is 0 Å². The quantitative estimate of drug-likeness (QED) is 0.876. The van der Waals surface area contributed by atoms with E-state index in [0.29, 0.717) is 6.61 Å². The first-order chi connectivity index (χ1) is 9.20. The number of rotatable bonds is 5. The average molecular weight is 264 g/mol. The first-order valence-electron chi connectivity index (χ1n) is 6.92. The average Bonchev–Trinajstić information content (AvgIpc) is 2.39. The molecule has 1 fully saturated rings. The number of ether oxygens (including phenoxy) is 2.